The number of methoxy groups -OCH3 is 1. The van der Waals surface area contributed by atoms with Crippen molar-refractivity contribution in [3.8, 4) is 23.0 Å². The molecule has 0 aliphatic carbocycles. The van der Waals surface area contributed by atoms with Gasteiger partial charge in [-0.25, -0.2) is 0 Å². The van der Waals surface area contributed by atoms with Crippen LogP contribution in [0.4, 0.5) is 0 Å². The predicted octanol–water partition coefficient (Wildman–Crippen LogP) is 6.24. The molecule has 0 spiro atoms. The lowest BCUT2D eigenvalue weighted by Crippen LogP contribution is -2.07. The van der Waals surface area contributed by atoms with Crippen molar-refractivity contribution in [3.05, 3.63) is 92.7 Å². The molecule has 5 nitrogen and oxygen atoms in total. The van der Waals surface area contributed by atoms with Crippen LogP contribution in [0.15, 0.2) is 80.4 Å². The number of benzene rings is 3. The van der Waals surface area contributed by atoms with Gasteiger partial charge in [0.25, 0.3) is 0 Å². The maximum atomic E-state index is 13.0. The van der Waals surface area contributed by atoms with Crippen LogP contribution < -0.4 is 19.6 Å². The Morgan fingerprint density at radius 3 is 2.47 bits per heavy atom. The number of aryl methyl sites for hydroxylation is 1. The van der Waals surface area contributed by atoms with Gasteiger partial charge in [0.15, 0.2) is 0 Å². The van der Waals surface area contributed by atoms with Crippen LogP contribution in [0.2, 0.25) is 0 Å². The zero-order valence-electron chi connectivity index (χ0n) is 16.5. The van der Waals surface area contributed by atoms with Crippen molar-refractivity contribution in [3.63, 3.8) is 0 Å². The molecule has 0 bridgehead atoms. The van der Waals surface area contributed by atoms with Crippen LogP contribution in [0.3, 0.4) is 0 Å². The molecule has 0 radical (unpaired) electrons. The summed E-state index contributed by atoms with van der Waals surface area (Å²) in [5.74, 6) is 2.30. The van der Waals surface area contributed by atoms with Gasteiger partial charge in [0.1, 0.15) is 35.2 Å². The van der Waals surface area contributed by atoms with Crippen molar-refractivity contribution in [2.75, 3.05) is 7.11 Å². The quantitative estimate of drug-likeness (QED) is 0.336. The lowest BCUT2D eigenvalue weighted by atomic mass is 10.2. The van der Waals surface area contributed by atoms with Gasteiger partial charge in [0, 0.05) is 16.6 Å². The van der Waals surface area contributed by atoms with E-state index in [9.17, 15) is 4.79 Å². The lowest BCUT2D eigenvalue weighted by molar-refractivity contribution is 0.306. The molecule has 3 aromatic carbocycles. The molecule has 0 atom stereocenters. The number of rotatable bonds is 6. The summed E-state index contributed by atoms with van der Waals surface area (Å²) in [6.07, 6.45) is 0. The topological polar surface area (TPSA) is 57.9 Å². The Balaban J connectivity index is 1.60. The van der Waals surface area contributed by atoms with Crippen LogP contribution in [0.5, 0.6) is 23.0 Å². The minimum Gasteiger partial charge on any atom is -0.497 e. The summed E-state index contributed by atoms with van der Waals surface area (Å²) in [7, 11) is 1.57. The van der Waals surface area contributed by atoms with Gasteiger partial charge >= 0.3 is 0 Å². The molecule has 4 rings (SSSR count). The molecule has 0 saturated carbocycles. The highest BCUT2D eigenvalue weighted by Gasteiger charge is 2.15. The first-order valence-electron chi connectivity index (χ1n) is 9.30. The van der Waals surface area contributed by atoms with Gasteiger partial charge < -0.3 is 18.6 Å². The van der Waals surface area contributed by atoms with E-state index in [1.807, 2.05) is 24.3 Å². The second-order valence-corrected chi connectivity index (χ2v) is 7.59. The lowest BCUT2D eigenvalue weighted by Gasteiger charge is -2.11. The zero-order valence-corrected chi connectivity index (χ0v) is 18.1. The summed E-state index contributed by atoms with van der Waals surface area (Å²) >= 11 is 3.42. The van der Waals surface area contributed by atoms with Gasteiger partial charge in [0.05, 0.1) is 12.5 Å². The molecule has 1 aromatic heterocycles. The Morgan fingerprint density at radius 1 is 0.933 bits per heavy atom. The summed E-state index contributed by atoms with van der Waals surface area (Å²) in [4.78, 5) is 13.0. The van der Waals surface area contributed by atoms with Gasteiger partial charge in [-0.2, -0.15) is 0 Å². The van der Waals surface area contributed by atoms with Crippen LogP contribution in [0, 0.1) is 6.92 Å². The van der Waals surface area contributed by atoms with Gasteiger partial charge in [-0.3, -0.25) is 4.79 Å². The monoisotopic (exact) mass is 466 g/mol. The number of hydrogen-bond donors (Lipinski definition) is 0. The molecule has 30 heavy (non-hydrogen) atoms. The standard InChI is InChI=1S/C24H19BrO5/c1-15-24(30-20-5-3-4-18(12-20)27-2)23(26)21-11-10-19(13-22(21)29-15)28-14-16-6-8-17(25)9-7-16/h3-13H,14H2,1-2H3. The molecule has 0 N–H and O–H groups in total. The molecule has 6 heteroatoms. The predicted molar refractivity (Wildman–Crippen MR) is 119 cm³/mol. The first-order chi connectivity index (χ1) is 14.5. The highest BCUT2D eigenvalue weighted by atomic mass is 79.9. The highest BCUT2D eigenvalue weighted by molar-refractivity contribution is 9.10. The zero-order chi connectivity index (χ0) is 21.1. The van der Waals surface area contributed by atoms with Gasteiger partial charge in [-0.05, 0) is 48.9 Å². The number of fused-ring (bicyclic) bond motifs is 1. The minimum atomic E-state index is -0.240. The molecule has 0 aliphatic heterocycles. The van der Waals surface area contributed by atoms with E-state index < -0.39 is 0 Å². The number of hydrogen-bond acceptors (Lipinski definition) is 5. The largest absolute Gasteiger partial charge is 0.497 e. The van der Waals surface area contributed by atoms with Gasteiger partial charge in [-0.15, -0.1) is 0 Å². The van der Waals surface area contributed by atoms with Gasteiger partial charge in [-0.1, -0.05) is 34.1 Å². The molecule has 0 unspecified atom stereocenters. The molecular weight excluding hydrogens is 448 g/mol. The van der Waals surface area contributed by atoms with Crippen LogP contribution in [-0.2, 0) is 6.61 Å². The molecule has 152 valence electrons. The third-order valence-electron chi connectivity index (χ3n) is 4.57. The molecule has 0 aliphatic rings. The normalized spacial score (nSPS) is 10.8. The maximum absolute atomic E-state index is 13.0. The fraction of sp³-hybridized carbons (Fsp3) is 0.125. The van der Waals surface area contributed by atoms with Crippen molar-refractivity contribution in [2.24, 2.45) is 0 Å². The molecule has 0 amide bonds. The van der Waals surface area contributed by atoms with E-state index in [-0.39, 0.29) is 11.2 Å². The third-order valence-corrected chi connectivity index (χ3v) is 5.10. The Kier molecular flexibility index (Phi) is 5.77. The first kappa shape index (κ1) is 20.0. The number of ether oxygens (including phenoxy) is 3. The van der Waals surface area contributed by atoms with Crippen molar-refractivity contribution in [2.45, 2.75) is 13.5 Å². The third kappa shape index (κ3) is 4.33. The fourth-order valence-electron chi connectivity index (χ4n) is 3.01. The van der Waals surface area contributed by atoms with Crippen molar-refractivity contribution in [1.82, 2.24) is 0 Å². The average Bonchev–Trinajstić information content (AvgIpc) is 2.76. The van der Waals surface area contributed by atoms with E-state index in [0.29, 0.717) is 40.6 Å². The maximum Gasteiger partial charge on any atom is 0.235 e. The van der Waals surface area contributed by atoms with Gasteiger partial charge in [0.2, 0.25) is 11.2 Å². The van der Waals surface area contributed by atoms with E-state index in [1.54, 1.807) is 56.5 Å². The Bertz CT molecular complexity index is 1240. The summed E-state index contributed by atoms with van der Waals surface area (Å²) in [5, 5.41) is 0.425. The SMILES string of the molecule is COc1cccc(Oc2c(C)oc3cc(OCc4ccc(Br)cc4)ccc3c2=O)c1. The second kappa shape index (κ2) is 8.63. The molecule has 4 aromatic rings. The first-order valence-corrected chi connectivity index (χ1v) is 10.1. The molecular formula is C24H19BrO5. The second-order valence-electron chi connectivity index (χ2n) is 6.67. The summed E-state index contributed by atoms with van der Waals surface area (Å²) < 4.78 is 23.7. The Labute approximate surface area is 181 Å². The van der Waals surface area contributed by atoms with Crippen molar-refractivity contribution >= 4 is 26.9 Å². The van der Waals surface area contributed by atoms with Crippen LogP contribution in [0.25, 0.3) is 11.0 Å². The fourth-order valence-corrected chi connectivity index (χ4v) is 3.27. The van der Waals surface area contributed by atoms with E-state index in [2.05, 4.69) is 15.9 Å². The molecule has 0 fully saturated rings. The Hall–Kier alpha value is -3.25. The van der Waals surface area contributed by atoms with E-state index in [0.717, 1.165) is 10.0 Å². The minimum absolute atomic E-state index is 0.152. The van der Waals surface area contributed by atoms with Crippen LogP contribution >= 0.6 is 15.9 Å². The van der Waals surface area contributed by atoms with E-state index in [4.69, 9.17) is 18.6 Å². The average molecular weight is 467 g/mol. The van der Waals surface area contributed by atoms with Crippen LogP contribution in [0.1, 0.15) is 11.3 Å². The van der Waals surface area contributed by atoms with Crippen LogP contribution in [-0.4, -0.2) is 7.11 Å². The summed E-state index contributed by atoms with van der Waals surface area (Å²) in [6, 6.07) is 20.1. The highest BCUT2D eigenvalue weighted by Crippen LogP contribution is 2.29. The molecule has 1 heterocycles. The summed E-state index contributed by atoms with van der Waals surface area (Å²) in [5.41, 5.74) is 1.25. The Morgan fingerprint density at radius 2 is 1.70 bits per heavy atom. The van der Waals surface area contributed by atoms with E-state index in [1.165, 1.54) is 0 Å². The molecule has 0 saturated heterocycles. The van der Waals surface area contributed by atoms with Crippen molar-refractivity contribution in [1.29, 1.82) is 0 Å². The van der Waals surface area contributed by atoms with E-state index >= 15 is 0 Å². The van der Waals surface area contributed by atoms with Crippen molar-refractivity contribution < 1.29 is 18.6 Å². The smallest absolute Gasteiger partial charge is 0.235 e. The number of halogens is 1. The summed E-state index contributed by atoms with van der Waals surface area (Å²) in [6.45, 7) is 2.12.